The van der Waals surface area contributed by atoms with Crippen molar-refractivity contribution in [2.24, 2.45) is 5.92 Å². The van der Waals surface area contributed by atoms with E-state index in [0.29, 0.717) is 18.9 Å². The van der Waals surface area contributed by atoms with Gasteiger partial charge in [-0.05, 0) is 50.3 Å². The molecule has 0 saturated carbocycles. The lowest BCUT2D eigenvalue weighted by atomic mass is 9.97. The maximum atomic E-state index is 12.4. The number of carbonyl (C=O) groups is 2. The highest BCUT2D eigenvalue weighted by Gasteiger charge is 2.23. The Morgan fingerprint density at radius 3 is 2.26 bits per heavy atom. The van der Waals surface area contributed by atoms with Crippen LogP contribution in [0.1, 0.15) is 39.0 Å². The largest absolute Gasteiger partial charge is 0.466 e. The first-order valence-corrected chi connectivity index (χ1v) is 10.9. The number of rotatable bonds is 8. The highest BCUT2D eigenvalue weighted by atomic mass is 35.5. The Balaban J connectivity index is 0.00000240. The van der Waals surface area contributed by atoms with E-state index in [0.717, 1.165) is 71.5 Å². The molecule has 176 valence electrons. The second-order valence-corrected chi connectivity index (χ2v) is 8.12. The van der Waals surface area contributed by atoms with Crippen molar-refractivity contribution in [2.45, 2.75) is 39.0 Å². The molecular weight excluding hydrogens is 439 g/mol. The molecular formula is C22H36Cl2N4O3. The molecule has 0 unspecified atom stereocenters. The molecule has 0 spiro atoms. The number of hydrogen-bond acceptors (Lipinski definition) is 6. The van der Waals surface area contributed by atoms with Gasteiger partial charge in [-0.15, -0.1) is 24.8 Å². The van der Waals surface area contributed by atoms with E-state index < -0.39 is 0 Å². The smallest absolute Gasteiger partial charge is 0.302 e. The first-order valence-electron chi connectivity index (χ1n) is 10.9. The summed E-state index contributed by atoms with van der Waals surface area (Å²) >= 11 is 0. The van der Waals surface area contributed by atoms with Crippen LogP contribution in [0.4, 0.5) is 5.69 Å². The third-order valence-electron chi connectivity index (χ3n) is 6.00. The van der Waals surface area contributed by atoms with E-state index in [9.17, 15) is 9.59 Å². The molecule has 7 nitrogen and oxygen atoms in total. The van der Waals surface area contributed by atoms with Crippen LogP contribution in [0, 0.1) is 5.92 Å². The van der Waals surface area contributed by atoms with Crippen LogP contribution >= 0.6 is 24.8 Å². The lowest BCUT2D eigenvalue weighted by Crippen LogP contribution is -2.46. The van der Waals surface area contributed by atoms with Gasteiger partial charge in [0, 0.05) is 70.7 Å². The Morgan fingerprint density at radius 2 is 1.65 bits per heavy atom. The van der Waals surface area contributed by atoms with Crippen molar-refractivity contribution >= 4 is 42.4 Å². The van der Waals surface area contributed by atoms with E-state index in [4.69, 9.17) is 4.74 Å². The van der Waals surface area contributed by atoms with Crippen LogP contribution in [0.25, 0.3) is 0 Å². The SMILES string of the molecule is CC(=O)OCC1CCN(C(=O)CCCCN2CCN(c3ccncc3)CC2)CC1.Cl.Cl. The lowest BCUT2D eigenvalue weighted by Gasteiger charge is -2.36. The maximum Gasteiger partial charge on any atom is 0.302 e. The summed E-state index contributed by atoms with van der Waals surface area (Å²) in [7, 11) is 0. The summed E-state index contributed by atoms with van der Waals surface area (Å²) in [6.07, 6.45) is 8.23. The Labute approximate surface area is 198 Å². The average Bonchev–Trinajstić information content (AvgIpc) is 2.76. The number of anilines is 1. The first-order chi connectivity index (χ1) is 14.1. The van der Waals surface area contributed by atoms with Crippen LogP contribution in [-0.2, 0) is 14.3 Å². The normalized spacial score (nSPS) is 17.5. The molecule has 0 atom stereocenters. The molecule has 0 aliphatic carbocycles. The number of unbranched alkanes of at least 4 members (excludes halogenated alkanes) is 1. The van der Waals surface area contributed by atoms with Crippen LogP contribution in [0.3, 0.4) is 0 Å². The van der Waals surface area contributed by atoms with Crippen molar-refractivity contribution in [1.29, 1.82) is 0 Å². The predicted octanol–water partition coefficient (Wildman–Crippen LogP) is 3.02. The number of aromatic nitrogens is 1. The topological polar surface area (TPSA) is 66.0 Å². The molecule has 2 aliphatic heterocycles. The molecule has 2 aliphatic rings. The summed E-state index contributed by atoms with van der Waals surface area (Å²) in [5.74, 6) is 0.453. The molecule has 0 aromatic carbocycles. The molecule has 1 aromatic rings. The van der Waals surface area contributed by atoms with Crippen molar-refractivity contribution in [3.05, 3.63) is 24.5 Å². The zero-order valence-electron chi connectivity index (χ0n) is 18.4. The molecule has 9 heteroatoms. The van der Waals surface area contributed by atoms with E-state index in [1.54, 1.807) is 0 Å². The van der Waals surface area contributed by atoms with Gasteiger partial charge in [-0.2, -0.15) is 0 Å². The van der Waals surface area contributed by atoms with Gasteiger partial charge < -0.3 is 14.5 Å². The summed E-state index contributed by atoms with van der Waals surface area (Å²) in [6, 6.07) is 4.14. The molecule has 2 fully saturated rings. The minimum atomic E-state index is -0.220. The van der Waals surface area contributed by atoms with Gasteiger partial charge in [0.05, 0.1) is 6.61 Å². The van der Waals surface area contributed by atoms with E-state index in [1.165, 1.54) is 12.6 Å². The molecule has 31 heavy (non-hydrogen) atoms. The molecule has 0 N–H and O–H groups in total. The first kappa shape index (κ1) is 27.5. The number of nitrogens with zero attached hydrogens (tertiary/aromatic N) is 4. The lowest BCUT2D eigenvalue weighted by molar-refractivity contribution is -0.143. The molecule has 1 aromatic heterocycles. The highest BCUT2D eigenvalue weighted by molar-refractivity contribution is 5.85. The zero-order valence-corrected chi connectivity index (χ0v) is 20.0. The predicted molar refractivity (Wildman–Crippen MR) is 127 cm³/mol. The molecule has 1 amide bonds. The number of likely N-dealkylation sites (tertiary alicyclic amines) is 1. The molecule has 3 heterocycles. The summed E-state index contributed by atoms with van der Waals surface area (Å²) < 4.78 is 5.09. The van der Waals surface area contributed by atoms with E-state index in [1.807, 2.05) is 17.3 Å². The number of esters is 1. The maximum absolute atomic E-state index is 12.4. The van der Waals surface area contributed by atoms with Gasteiger partial charge in [0.15, 0.2) is 0 Å². The van der Waals surface area contributed by atoms with Gasteiger partial charge >= 0.3 is 5.97 Å². The van der Waals surface area contributed by atoms with Gasteiger partial charge in [-0.1, -0.05) is 0 Å². The number of amides is 1. The Morgan fingerprint density at radius 1 is 1.00 bits per heavy atom. The Bertz CT molecular complexity index is 649. The zero-order chi connectivity index (χ0) is 20.5. The van der Waals surface area contributed by atoms with Gasteiger partial charge in [0.2, 0.25) is 5.91 Å². The Hall–Kier alpha value is -1.57. The van der Waals surface area contributed by atoms with Gasteiger partial charge in [-0.25, -0.2) is 0 Å². The summed E-state index contributed by atoms with van der Waals surface area (Å²) in [6.45, 7) is 8.84. The number of carbonyl (C=O) groups excluding carboxylic acids is 2. The second-order valence-electron chi connectivity index (χ2n) is 8.12. The number of ether oxygens (including phenoxy) is 1. The third kappa shape index (κ3) is 9.21. The van der Waals surface area contributed by atoms with Crippen LogP contribution in [-0.4, -0.2) is 79.1 Å². The van der Waals surface area contributed by atoms with Crippen molar-refractivity contribution in [3.63, 3.8) is 0 Å². The minimum Gasteiger partial charge on any atom is -0.466 e. The summed E-state index contributed by atoms with van der Waals surface area (Å²) in [4.78, 5) is 34.3. The highest BCUT2D eigenvalue weighted by Crippen LogP contribution is 2.19. The fourth-order valence-corrected chi connectivity index (χ4v) is 4.14. The van der Waals surface area contributed by atoms with Crippen molar-refractivity contribution in [1.82, 2.24) is 14.8 Å². The standard InChI is InChI=1S/C22H34N4O3.2ClH/c1-19(27)29-18-20-7-12-26(13-8-20)22(28)4-2-3-11-24-14-16-25(17-15-24)21-5-9-23-10-6-21;;/h5-6,9-10,20H,2-4,7-8,11-18H2,1H3;2*1H. The third-order valence-corrected chi connectivity index (χ3v) is 6.00. The number of pyridine rings is 1. The van der Waals surface area contributed by atoms with Crippen LogP contribution in [0.5, 0.6) is 0 Å². The molecule has 0 radical (unpaired) electrons. The average molecular weight is 475 g/mol. The van der Waals surface area contributed by atoms with Crippen LogP contribution in [0.15, 0.2) is 24.5 Å². The monoisotopic (exact) mass is 474 g/mol. The molecule has 2 saturated heterocycles. The Kier molecular flexibility index (Phi) is 12.8. The minimum absolute atomic E-state index is 0. The summed E-state index contributed by atoms with van der Waals surface area (Å²) in [5, 5.41) is 0. The van der Waals surface area contributed by atoms with Gasteiger partial charge in [0.1, 0.15) is 0 Å². The van der Waals surface area contributed by atoms with Crippen molar-refractivity contribution in [2.75, 3.05) is 57.3 Å². The number of piperazine rings is 1. The van der Waals surface area contributed by atoms with Gasteiger partial charge in [-0.3, -0.25) is 19.5 Å². The van der Waals surface area contributed by atoms with Gasteiger partial charge in [0.25, 0.3) is 0 Å². The van der Waals surface area contributed by atoms with Crippen LogP contribution < -0.4 is 4.90 Å². The van der Waals surface area contributed by atoms with E-state index >= 15 is 0 Å². The van der Waals surface area contributed by atoms with E-state index in [-0.39, 0.29) is 36.7 Å². The van der Waals surface area contributed by atoms with Crippen LogP contribution in [0.2, 0.25) is 0 Å². The van der Waals surface area contributed by atoms with E-state index in [2.05, 4.69) is 26.9 Å². The number of halogens is 2. The molecule has 3 rings (SSSR count). The number of hydrogen-bond donors (Lipinski definition) is 0. The summed E-state index contributed by atoms with van der Waals surface area (Å²) in [5.41, 5.74) is 1.25. The van der Waals surface area contributed by atoms with Crippen molar-refractivity contribution in [3.8, 4) is 0 Å². The fraction of sp³-hybridized carbons (Fsp3) is 0.682. The van der Waals surface area contributed by atoms with Crippen molar-refractivity contribution < 1.29 is 14.3 Å². The number of piperidine rings is 1. The quantitative estimate of drug-likeness (QED) is 0.426. The fourth-order valence-electron chi connectivity index (χ4n) is 4.14. The second kappa shape index (κ2) is 14.5. The molecule has 0 bridgehead atoms.